The van der Waals surface area contributed by atoms with Crippen LogP contribution in [-0.2, 0) is 0 Å². The number of rotatable bonds is 3. The molecule has 17 heavy (non-hydrogen) atoms. The van der Waals surface area contributed by atoms with Crippen molar-refractivity contribution in [3.8, 4) is 11.3 Å². The van der Waals surface area contributed by atoms with Gasteiger partial charge in [-0.05, 0) is 18.4 Å². The topological polar surface area (TPSA) is 50.9 Å². The third-order valence-corrected chi connectivity index (χ3v) is 3.67. The molecule has 3 N–H and O–H groups in total. The molecule has 2 rings (SSSR count). The molecule has 0 atom stereocenters. The van der Waals surface area contributed by atoms with Gasteiger partial charge in [0.25, 0.3) is 0 Å². The fourth-order valence-corrected chi connectivity index (χ4v) is 2.50. The number of anilines is 1. The number of nitrogens with one attached hydrogen (secondary N) is 1. The van der Waals surface area contributed by atoms with E-state index in [1.807, 2.05) is 0 Å². The third kappa shape index (κ3) is 2.48. The Morgan fingerprint density at radius 3 is 2.35 bits per heavy atom. The van der Waals surface area contributed by atoms with Crippen molar-refractivity contribution in [1.82, 2.24) is 4.98 Å². The summed E-state index contributed by atoms with van der Waals surface area (Å²) in [5, 5.41) is 0.755. The first-order valence-electron chi connectivity index (χ1n) is 5.66. The second-order valence-corrected chi connectivity index (χ2v) is 5.55. The molecule has 3 nitrogen and oxygen atoms in total. The standard InChI is InChI=1S/C13H17N3S/c1-8(2)10-4-6-11(7-5-10)12-9(3)17-13(15-12)16-14/h4-8H,14H2,1-3H3,(H,15,16). The summed E-state index contributed by atoms with van der Waals surface area (Å²) >= 11 is 1.57. The van der Waals surface area contributed by atoms with Crippen molar-refractivity contribution in [3.05, 3.63) is 34.7 Å². The van der Waals surface area contributed by atoms with Crippen LogP contribution >= 0.6 is 11.3 Å². The van der Waals surface area contributed by atoms with Crippen molar-refractivity contribution in [2.45, 2.75) is 26.7 Å². The lowest BCUT2D eigenvalue weighted by Crippen LogP contribution is -2.05. The molecule has 1 aromatic heterocycles. The van der Waals surface area contributed by atoms with E-state index < -0.39 is 0 Å². The molecule has 90 valence electrons. The number of hydrazine groups is 1. The minimum Gasteiger partial charge on any atom is -0.300 e. The van der Waals surface area contributed by atoms with Gasteiger partial charge in [0.15, 0.2) is 5.13 Å². The van der Waals surface area contributed by atoms with Crippen molar-refractivity contribution in [2.75, 3.05) is 5.43 Å². The number of nitrogens with zero attached hydrogens (tertiary/aromatic N) is 1. The minimum atomic E-state index is 0.557. The van der Waals surface area contributed by atoms with Gasteiger partial charge < -0.3 is 0 Å². The van der Waals surface area contributed by atoms with Crippen molar-refractivity contribution >= 4 is 16.5 Å². The number of benzene rings is 1. The van der Waals surface area contributed by atoms with Crippen LogP contribution in [0, 0.1) is 6.92 Å². The van der Waals surface area contributed by atoms with E-state index in [4.69, 9.17) is 5.84 Å². The zero-order valence-corrected chi connectivity index (χ0v) is 11.1. The van der Waals surface area contributed by atoms with Gasteiger partial charge in [-0.25, -0.2) is 10.8 Å². The summed E-state index contributed by atoms with van der Waals surface area (Å²) in [5.41, 5.74) is 6.10. The van der Waals surface area contributed by atoms with Gasteiger partial charge in [-0.2, -0.15) is 0 Å². The second kappa shape index (κ2) is 4.85. The zero-order chi connectivity index (χ0) is 12.4. The number of nitrogens with two attached hydrogens (primary N) is 1. The van der Waals surface area contributed by atoms with Gasteiger partial charge in [-0.3, -0.25) is 5.43 Å². The highest BCUT2D eigenvalue weighted by molar-refractivity contribution is 7.15. The number of nitrogen functional groups attached to an aromatic ring is 1. The van der Waals surface area contributed by atoms with Gasteiger partial charge in [0.2, 0.25) is 0 Å². The lowest BCUT2D eigenvalue weighted by Gasteiger charge is -2.06. The lowest BCUT2D eigenvalue weighted by atomic mass is 10.0. The van der Waals surface area contributed by atoms with Crippen LogP contribution in [0.25, 0.3) is 11.3 Å². The molecule has 0 saturated carbocycles. The van der Waals surface area contributed by atoms with E-state index in [9.17, 15) is 0 Å². The lowest BCUT2D eigenvalue weighted by molar-refractivity contribution is 0.867. The summed E-state index contributed by atoms with van der Waals surface area (Å²) in [6, 6.07) is 8.57. The second-order valence-electron chi connectivity index (χ2n) is 4.34. The number of aryl methyl sites for hydroxylation is 1. The van der Waals surface area contributed by atoms with Gasteiger partial charge in [-0.15, -0.1) is 11.3 Å². The maximum absolute atomic E-state index is 5.37. The summed E-state index contributed by atoms with van der Waals surface area (Å²) in [4.78, 5) is 5.63. The first-order chi connectivity index (χ1) is 8.11. The van der Waals surface area contributed by atoms with E-state index in [1.165, 1.54) is 10.4 Å². The molecule has 0 radical (unpaired) electrons. The fourth-order valence-electron chi connectivity index (χ4n) is 1.75. The summed E-state index contributed by atoms with van der Waals surface area (Å²) in [5.74, 6) is 5.93. The molecule has 0 amide bonds. The van der Waals surface area contributed by atoms with Gasteiger partial charge in [-0.1, -0.05) is 38.1 Å². The summed E-state index contributed by atoms with van der Waals surface area (Å²) in [6.45, 7) is 6.45. The van der Waals surface area contributed by atoms with Gasteiger partial charge >= 0.3 is 0 Å². The Kier molecular flexibility index (Phi) is 3.45. The van der Waals surface area contributed by atoms with Crippen molar-refractivity contribution in [1.29, 1.82) is 0 Å². The van der Waals surface area contributed by atoms with E-state index in [1.54, 1.807) is 11.3 Å². The average Bonchev–Trinajstić information content (AvgIpc) is 2.71. The summed E-state index contributed by atoms with van der Waals surface area (Å²) in [7, 11) is 0. The quantitative estimate of drug-likeness (QED) is 0.644. The monoisotopic (exact) mass is 247 g/mol. The first-order valence-corrected chi connectivity index (χ1v) is 6.48. The van der Waals surface area contributed by atoms with Crippen LogP contribution in [0.4, 0.5) is 5.13 Å². The van der Waals surface area contributed by atoms with E-state index >= 15 is 0 Å². The Morgan fingerprint density at radius 1 is 1.24 bits per heavy atom. The van der Waals surface area contributed by atoms with E-state index in [0.717, 1.165) is 16.4 Å². The van der Waals surface area contributed by atoms with Crippen LogP contribution in [-0.4, -0.2) is 4.98 Å². The number of thiazole rings is 1. The smallest absolute Gasteiger partial charge is 0.197 e. The molecule has 0 saturated heterocycles. The van der Waals surface area contributed by atoms with Crippen molar-refractivity contribution in [2.24, 2.45) is 5.84 Å². The molecule has 0 aliphatic heterocycles. The molecule has 2 aromatic rings. The Labute approximate surface area is 106 Å². The van der Waals surface area contributed by atoms with Crippen molar-refractivity contribution in [3.63, 3.8) is 0 Å². The fraction of sp³-hybridized carbons (Fsp3) is 0.308. The Morgan fingerprint density at radius 2 is 1.88 bits per heavy atom. The van der Waals surface area contributed by atoms with E-state index in [2.05, 4.69) is 55.4 Å². The maximum Gasteiger partial charge on any atom is 0.197 e. The Hall–Kier alpha value is -1.39. The Bertz CT molecular complexity index is 500. The van der Waals surface area contributed by atoms with Gasteiger partial charge in [0.05, 0.1) is 5.69 Å². The molecular weight excluding hydrogens is 230 g/mol. The summed E-state index contributed by atoms with van der Waals surface area (Å²) < 4.78 is 0. The molecule has 0 aliphatic rings. The maximum atomic E-state index is 5.37. The van der Waals surface area contributed by atoms with Crippen LogP contribution in [0.5, 0.6) is 0 Å². The number of hydrogen-bond donors (Lipinski definition) is 2. The molecule has 0 fully saturated rings. The largest absolute Gasteiger partial charge is 0.300 e. The molecule has 4 heteroatoms. The molecule has 1 aromatic carbocycles. The van der Waals surface area contributed by atoms with Crippen LogP contribution in [0.2, 0.25) is 0 Å². The summed E-state index contributed by atoms with van der Waals surface area (Å²) in [6.07, 6.45) is 0. The van der Waals surface area contributed by atoms with Gasteiger partial charge in [0.1, 0.15) is 0 Å². The van der Waals surface area contributed by atoms with E-state index in [0.29, 0.717) is 5.92 Å². The minimum absolute atomic E-state index is 0.557. The highest BCUT2D eigenvalue weighted by atomic mass is 32.1. The number of aromatic nitrogens is 1. The highest BCUT2D eigenvalue weighted by Crippen LogP contribution is 2.30. The molecular formula is C13H17N3S. The molecule has 0 unspecified atom stereocenters. The SMILES string of the molecule is Cc1sc(NN)nc1-c1ccc(C(C)C)cc1. The van der Waals surface area contributed by atoms with Crippen molar-refractivity contribution < 1.29 is 0 Å². The third-order valence-electron chi connectivity index (χ3n) is 2.77. The molecule has 0 aliphatic carbocycles. The normalized spacial score (nSPS) is 10.9. The molecule has 0 spiro atoms. The highest BCUT2D eigenvalue weighted by Gasteiger charge is 2.09. The van der Waals surface area contributed by atoms with E-state index in [-0.39, 0.29) is 0 Å². The first kappa shape index (κ1) is 12.1. The molecule has 0 bridgehead atoms. The zero-order valence-electron chi connectivity index (χ0n) is 10.3. The number of hydrogen-bond acceptors (Lipinski definition) is 4. The molecule has 1 heterocycles. The van der Waals surface area contributed by atoms with Gasteiger partial charge in [0, 0.05) is 10.4 Å². The Balaban J connectivity index is 2.36. The van der Waals surface area contributed by atoms with Crippen LogP contribution in [0.3, 0.4) is 0 Å². The van der Waals surface area contributed by atoms with Crippen LogP contribution < -0.4 is 11.3 Å². The predicted molar refractivity (Wildman–Crippen MR) is 74.2 cm³/mol. The average molecular weight is 247 g/mol. The predicted octanol–water partition coefficient (Wildman–Crippen LogP) is 3.53. The van der Waals surface area contributed by atoms with Crippen LogP contribution in [0.15, 0.2) is 24.3 Å². The van der Waals surface area contributed by atoms with Crippen LogP contribution in [0.1, 0.15) is 30.2 Å².